The number of likely N-dealkylation sites (tertiary alicyclic amines) is 1. The molecule has 0 aromatic carbocycles. The zero-order chi connectivity index (χ0) is 18.6. The number of aryl methyl sites for hydroxylation is 1. The van der Waals surface area contributed by atoms with E-state index in [0.29, 0.717) is 29.9 Å². The summed E-state index contributed by atoms with van der Waals surface area (Å²) in [7, 11) is 0. The molecule has 2 rings (SSSR count). The molecule has 0 spiro atoms. The van der Waals surface area contributed by atoms with Crippen molar-refractivity contribution in [2.75, 3.05) is 19.7 Å². The van der Waals surface area contributed by atoms with Crippen molar-refractivity contribution in [1.82, 2.24) is 9.88 Å². The quantitative estimate of drug-likeness (QED) is 0.824. The van der Waals surface area contributed by atoms with E-state index >= 15 is 0 Å². The number of nitrogens with zero attached hydrogens (tertiary/aromatic N) is 1. The Hall–Kier alpha value is -2.31. The molecule has 1 amide bonds. The summed E-state index contributed by atoms with van der Waals surface area (Å²) in [4.78, 5) is 41.4. The van der Waals surface area contributed by atoms with E-state index in [1.54, 1.807) is 32.6 Å². The number of carbonyl (C=O) groups is 3. The summed E-state index contributed by atoms with van der Waals surface area (Å²) >= 11 is 0. The smallest absolute Gasteiger partial charge is 0.355 e. The normalized spacial score (nSPS) is 15.6. The number of amides is 1. The Balaban J connectivity index is 2.09. The van der Waals surface area contributed by atoms with Crippen molar-refractivity contribution in [1.29, 1.82) is 0 Å². The van der Waals surface area contributed by atoms with Gasteiger partial charge < -0.3 is 19.4 Å². The molecule has 1 fully saturated rings. The lowest BCUT2D eigenvalue weighted by Crippen LogP contribution is -2.42. The van der Waals surface area contributed by atoms with Gasteiger partial charge >= 0.3 is 11.9 Å². The second-order valence-electron chi connectivity index (χ2n) is 6.28. The second kappa shape index (κ2) is 8.18. The van der Waals surface area contributed by atoms with Crippen molar-refractivity contribution in [2.24, 2.45) is 0 Å². The molecule has 1 aromatic rings. The molecular formula is C18H26N2O5. The number of piperidine rings is 1. The molecule has 0 bridgehead atoms. The number of nitrogens with one attached hydrogen (secondary N) is 1. The highest BCUT2D eigenvalue weighted by Gasteiger charge is 2.28. The first-order valence-electron chi connectivity index (χ1n) is 8.72. The molecule has 25 heavy (non-hydrogen) atoms. The predicted molar refractivity (Wildman–Crippen MR) is 91.5 cm³/mol. The molecule has 1 N–H and O–H groups in total. The maximum absolute atomic E-state index is 12.4. The molecule has 1 aromatic heterocycles. The van der Waals surface area contributed by atoms with Gasteiger partial charge in [0.15, 0.2) is 6.10 Å². The fourth-order valence-corrected chi connectivity index (χ4v) is 3.10. The number of carbonyl (C=O) groups excluding carboxylic acids is 3. The van der Waals surface area contributed by atoms with E-state index in [4.69, 9.17) is 9.47 Å². The Labute approximate surface area is 147 Å². The molecule has 1 aliphatic heterocycles. The van der Waals surface area contributed by atoms with Crippen LogP contribution >= 0.6 is 0 Å². The van der Waals surface area contributed by atoms with Crippen LogP contribution in [0.4, 0.5) is 0 Å². The lowest BCUT2D eigenvalue weighted by atomic mass is 10.1. The number of hydrogen-bond acceptors (Lipinski definition) is 5. The van der Waals surface area contributed by atoms with Crippen molar-refractivity contribution < 1.29 is 23.9 Å². The minimum absolute atomic E-state index is 0.179. The Morgan fingerprint density at radius 1 is 1.12 bits per heavy atom. The van der Waals surface area contributed by atoms with Crippen LogP contribution in [0.2, 0.25) is 0 Å². The molecule has 0 aliphatic carbocycles. The summed E-state index contributed by atoms with van der Waals surface area (Å²) in [5, 5.41) is 0. The highest BCUT2D eigenvalue weighted by atomic mass is 16.5. The fraction of sp³-hybridized carbons (Fsp3) is 0.611. The summed E-state index contributed by atoms with van der Waals surface area (Å²) in [5.74, 6) is -1.31. The van der Waals surface area contributed by atoms with Crippen LogP contribution in [0.3, 0.4) is 0 Å². The SMILES string of the molecule is CCOC(=O)c1c(C)[nH]c(C(=O)O[C@@H](C)C(=O)N2CCCCC2)c1C. The van der Waals surface area contributed by atoms with Gasteiger partial charge in [-0.05, 0) is 52.5 Å². The molecule has 1 atom stereocenters. The zero-order valence-electron chi connectivity index (χ0n) is 15.3. The minimum atomic E-state index is -0.861. The first kappa shape index (κ1) is 19.0. The molecular weight excluding hydrogens is 324 g/mol. The van der Waals surface area contributed by atoms with Crippen molar-refractivity contribution in [3.8, 4) is 0 Å². The fourth-order valence-electron chi connectivity index (χ4n) is 3.10. The Morgan fingerprint density at radius 2 is 1.76 bits per heavy atom. The average Bonchev–Trinajstić information content (AvgIpc) is 2.89. The molecule has 138 valence electrons. The van der Waals surface area contributed by atoms with Crippen molar-refractivity contribution in [2.45, 2.75) is 53.1 Å². The number of ether oxygens (including phenoxy) is 2. The molecule has 7 heteroatoms. The zero-order valence-corrected chi connectivity index (χ0v) is 15.3. The van der Waals surface area contributed by atoms with Crippen LogP contribution in [0, 0.1) is 13.8 Å². The first-order valence-corrected chi connectivity index (χ1v) is 8.72. The molecule has 1 saturated heterocycles. The number of esters is 2. The van der Waals surface area contributed by atoms with E-state index < -0.39 is 18.0 Å². The summed E-state index contributed by atoms with van der Waals surface area (Å²) in [5.41, 5.74) is 1.53. The third kappa shape index (κ3) is 4.21. The van der Waals surface area contributed by atoms with Gasteiger partial charge in [0, 0.05) is 18.8 Å². The number of aromatic nitrogens is 1. The summed E-state index contributed by atoms with van der Waals surface area (Å²) in [6.45, 7) is 8.30. The van der Waals surface area contributed by atoms with E-state index in [1.165, 1.54) is 0 Å². The van der Waals surface area contributed by atoms with E-state index in [0.717, 1.165) is 19.3 Å². The van der Waals surface area contributed by atoms with Crippen LogP contribution in [0.1, 0.15) is 65.2 Å². The van der Waals surface area contributed by atoms with E-state index in [9.17, 15) is 14.4 Å². The lowest BCUT2D eigenvalue weighted by molar-refractivity contribution is -0.140. The van der Waals surface area contributed by atoms with Crippen LogP contribution in [-0.2, 0) is 14.3 Å². The summed E-state index contributed by atoms with van der Waals surface area (Å²) in [6, 6.07) is 0. The molecule has 0 unspecified atom stereocenters. The average molecular weight is 350 g/mol. The van der Waals surface area contributed by atoms with Gasteiger partial charge in [-0.15, -0.1) is 0 Å². The molecule has 2 heterocycles. The highest BCUT2D eigenvalue weighted by Crippen LogP contribution is 2.20. The van der Waals surface area contributed by atoms with Crippen LogP contribution < -0.4 is 0 Å². The molecule has 0 saturated carbocycles. The van der Waals surface area contributed by atoms with Gasteiger partial charge in [-0.3, -0.25) is 4.79 Å². The third-order valence-corrected chi connectivity index (χ3v) is 4.42. The van der Waals surface area contributed by atoms with Crippen molar-refractivity contribution in [3.05, 3.63) is 22.5 Å². The lowest BCUT2D eigenvalue weighted by Gasteiger charge is -2.28. The van der Waals surface area contributed by atoms with E-state index in [-0.39, 0.29) is 18.2 Å². The predicted octanol–water partition coefficient (Wildman–Crippen LogP) is 2.37. The van der Waals surface area contributed by atoms with Gasteiger partial charge in [-0.25, -0.2) is 9.59 Å². The van der Waals surface area contributed by atoms with Crippen LogP contribution in [0.5, 0.6) is 0 Å². The number of rotatable bonds is 5. The molecule has 1 aliphatic rings. The highest BCUT2D eigenvalue weighted by molar-refractivity contribution is 5.99. The van der Waals surface area contributed by atoms with E-state index in [1.807, 2.05) is 0 Å². The second-order valence-corrected chi connectivity index (χ2v) is 6.28. The van der Waals surface area contributed by atoms with Gasteiger partial charge in [0.1, 0.15) is 5.69 Å². The number of aromatic amines is 1. The van der Waals surface area contributed by atoms with Crippen molar-refractivity contribution in [3.63, 3.8) is 0 Å². The maximum Gasteiger partial charge on any atom is 0.355 e. The third-order valence-electron chi connectivity index (χ3n) is 4.42. The monoisotopic (exact) mass is 350 g/mol. The van der Waals surface area contributed by atoms with Crippen LogP contribution in [0.25, 0.3) is 0 Å². The van der Waals surface area contributed by atoms with Gasteiger partial charge in [-0.1, -0.05) is 0 Å². The molecule has 0 radical (unpaired) electrons. The summed E-state index contributed by atoms with van der Waals surface area (Å²) in [6.07, 6.45) is 2.21. The first-order chi connectivity index (χ1) is 11.9. The Kier molecular flexibility index (Phi) is 6.22. The Morgan fingerprint density at radius 3 is 2.36 bits per heavy atom. The van der Waals surface area contributed by atoms with Crippen LogP contribution in [0.15, 0.2) is 0 Å². The number of H-pyrrole nitrogens is 1. The summed E-state index contributed by atoms with van der Waals surface area (Å²) < 4.78 is 10.3. The minimum Gasteiger partial charge on any atom is -0.462 e. The number of hydrogen-bond donors (Lipinski definition) is 1. The van der Waals surface area contributed by atoms with Gasteiger partial charge in [0.05, 0.1) is 12.2 Å². The Bertz CT molecular complexity index is 659. The largest absolute Gasteiger partial charge is 0.462 e. The molecule has 7 nitrogen and oxygen atoms in total. The van der Waals surface area contributed by atoms with Gasteiger partial charge in [-0.2, -0.15) is 0 Å². The van der Waals surface area contributed by atoms with Crippen molar-refractivity contribution >= 4 is 17.8 Å². The van der Waals surface area contributed by atoms with Gasteiger partial charge in [0.25, 0.3) is 5.91 Å². The maximum atomic E-state index is 12.4. The van der Waals surface area contributed by atoms with Gasteiger partial charge in [0.2, 0.25) is 0 Å². The standard InChI is InChI=1S/C18H26N2O5/c1-5-24-17(22)14-11(2)15(19-12(14)3)18(23)25-13(4)16(21)20-9-7-6-8-10-20/h13,19H,5-10H2,1-4H3/t13-/m0/s1. The topological polar surface area (TPSA) is 88.7 Å². The van der Waals surface area contributed by atoms with E-state index in [2.05, 4.69) is 4.98 Å². The van der Waals surface area contributed by atoms with Crippen LogP contribution in [-0.4, -0.2) is 53.5 Å².